The minimum Gasteiger partial charge on any atom is -0.325 e. The number of aryl methyl sites for hydroxylation is 1. The number of thioether (sulfide) groups is 1. The van der Waals surface area contributed by atoms with Gasteiger partial charge in [-0.05, 0) is 35.8 Å². The lowest BCUT2D eigenvalue weighted by Crippen LogP contribution is -2.36. The summed E-state index contributed by atoms with van der Waals surface area (Å²) < 4.78 is 0.398. The van der Waals surface area contributed by atoms with Crippen LogP contribution in [0.2, 0.25) is 0 Å². The number of carbonyl (C=O) groups excluding carboxylic acids is 2. The fraction of sp³-hybridized carbons (Fsp3) is 0.150. The third-order valence-corrected chi connectivity index (χ3v) is 5.30. The van der Waals surface area contributed by atoms with E-state index in [9.17, 15) is 9.59 Å². The van der Waals surface area contributed by atoms with Crippen LogP contribution in [0.15, 0.2) is 59.5 Å². The molecule has 0 bridgehead atoms. The summed E-state index contributed by atoms with van der Waals surface area (Å²) in [7, 11) is 0. The molecular weight excluding hydrogens is 364 g/mol. The highest BCUT2D eigenvalue weighted by Crippen LogP contribution is 2.32. The van der Waals surface area contributed by atoms with Gasteiger partial charge in [-0.15, -0.1) is 0 Å². The van der Waals surface area contributed by atoms with Crippen LogP contribution in [0.3, 0.4) is 0 Å². The Labute approximate surface area is 162 Å². The Morgan fingerprint density at radius 2 is 1.85 bits per heavy atom. The van der Waals surface area contributed by atoms with Gasteiger partial charge < -0.3 is 5.32 Å². The molecule has 1 fully saturated rings. The molecule has 0 saturated carbocycles. The molecule has 6 heteroatoms. The second-order valence-electron chi connectivity index (χ2n) is 5.78. The highest BCUT2D eigenvalue weighted by Gasteiger charge is 2.33. The molecule has 0 spiro atoms. The van der Waals surface area contributed by atoms with E-state index in [0.29, 0.717) is 14.9 Å². The van der Waals surface area contributed by atoms with Gasteiger partial charge in [0.15, 0.2) is 0 Å². The van der Waals surface area contributed by atoms with E-state index in [0.717, 1.165) is 12.0 Å². The lowest BCUT2D eigenvalue weighted by Gasteiger charge is -2.14. The number of nitrogens with one attached hydrogen (secondary N) is 1. The highest BCUT2D eigenvalue weighted by atomic mass is 32.2. The smallest absolute Gasteiger partial charge is 0.266 e. The van der Waals surface area contributed by atoms with Crippen LogP contribution in [0.5, 0.6) is 0 Å². The van der Waals surface area contributed by atoms with Crippen molar-refractivity contribution in [2.24, 2.45) is 0 Å². The number of amides is 2. The predicted octanol–water partition coefficient (Wildman–Crippen LogP) is 4.09. The van der Waals surface area contributed by atoms with Crippen molar-refractivity contribution in [2.45, 2.75) is 13.3 Å². The topological polar surface area (TPSA) is 49.4 Å². The number of anilines is 1. The maximum absolute atomic E-state index is 12.6. The van der Waals surface area contributed by atoms with E-state index < -0.39 is 0 Å². The molecule has 132 valence electrons. The summed E-state index contributed by atoms with van der Waals surface area (Å²) in [6.45, 7) is 2.01. The maximum Gasteiger partial charge on any atom is 0.266 e. The minimum atomic E-state index is -0.277. The molecule has 0 unspecified atom stereocenters. The van der Waals surface area contributed by atoms with Crippen LogP contribution in [0.4, 0.5) is 5.69 Å². The van der Waals surface area contributed by atoms with Gasteiger partial charge in [0.2, 0.25) is 5.91 Å². The van der Waals surface area contributed by atoms with E-state index in [1.165, 1.54) is 22.2 Å². The molecule has 2 aromatic carbocycles. The van der Waals surface area contributed by atoms with Gasteiger partial charge in [0, 0.05) is 5.69 Å². The van der Waals surface area contributed by atoms with Crippen molar-refractivity contribution in [3.8, 4) is 0 Å². The lowest BCUT2D eigenvalue weighted by molar-refractivity contribution is -0.126. The molecule has 1 aliphatic heterocycles. The Hall–Kier alpha value is -2.44. The largest absolute Gasteiger partial charge is 0.325 e. The zero-order chi connectivity index (χ0) is 18.5. The number of benzene rings is 2. The summed E-state index contributed by atoms with van der Waals surface area (Å²) in [5, 5.41) is 2.77. The second-order valence-corrected chi connectivity index (χ2v) is 7.45. The van der Waals surface area contributed by atoms with Crippen molar-refractivity contribution in [1.29, 1.82) is 0 Å². The molecule has 2 amide bonds. The molecule has 0 atom stereocenters. The van der Waals surface area contributed by atoms with Crippen LogP contribution >= 0.6 is 24.0 Å². The SMILES string of the molecule is CCc1ccc(C=C2SC(=S)N(CC(=O)Nc3ccccc3)C2=O)cc1. The number of hydrogen-bond donors (Lipinski definition) is 1. The molecule has 1 N–H and O–H groups in total. The molecule has 2 aromatic rings. The highest BCUT2D eigenvalue weighted by molar-refractivity contribution is 8.26. The van der Waals surface area contributed by atoms with Crippen LogP contribution in [0.1, 0.15) is 18.1 Å². The normalized spacial score (nSPS) is 15.6. The van der Waals surface area contributed by atoms with Gasteiger partial charge in [0.05, 0.1) is 4.91 Å². The van der Waals surface area contributed by atoms with Crippen molar-refractivity contribution in [3.63, 3.8) is 0 Å². The van der Waals surface area contributed by atoms with E-state index in [-0.39, 0.29) is 18.4 Å². The van der Waals surface area contributed by atoms with Crippen LogP contribution < -0.4 is 5.32 Å². The van der Waals surface area contributed by atoms with Crippen LogP contribution in [-0.4, -0.2) is 27.6 Å². The van der Waals surface area contributed by atoms with E-state index in [1.54, 1.807) is 12.1 Å². The zero-order valence-corrected chi connectivity index (χ0v) is 15.9. The van der Waals surface area contributed by atoms with E-state index >= 15 is 0 Å². The van der Waals surface area contributed by atoms with Gasteiger partial charge in [-0.2, -0.15) is 0 Å². The Morgan fingerprint density at radius 3 is 2.50 bits per heavy atom. The van der Waals surface area contributed by atoms with Crippen molar-refractivity contribution >= 4 is 51.9 Å². The summed E-state index contributed by atoms with van der Waals surface area (Å²) in [5.74, 6) is -0.510. The molecule has 0 aromatic heterocycles. The molecule has 3 rings (SSSR count). The Bertz CT molecular complexity index is 861. The zero-order valence-electron chi connectivity index (χ0n) is 14.3. The van der Waals surface area contributed by atoms with Gasteiger partial charge in [-0.25, -0.2) is 0 Å². The van der Waals surface area contributed by atoms with Crippen LogP contribution in [0.25, 0.3) is 6.08 Å². The van der Waals surface area contributed by atoms with E-state index in [1.807, 2.05) is 48.5 Å². The number of thiocarbonyl (C=S) groups is 1. The van der Waals surface area contributed by atoms with Crippen LogP contribution in [0, 0.1) is 0 Å². The second kappa shape index (κ2) is 8.29. The quantitative estimate of drug-likeness (QED) is 0.625. The molecular formula is C20H18N2O2S2. The summed E-state index contributed by atoms with van der Waals surface area (Å²) in [4.78, 5) is 26.7. The average molecular weight is 383 g/mol. The Balaban J connectivity index is 1.68. The monoisotopic (exact) mass is 382 g/mol. The molecule has 1 aliphatic rings. The first-order chi connectivity index (χ1) is 12.6. The third-order valence-electron chi connectivity index (χ3n) is 3.92. The van der Waals surface area contributed by atoms with Crippen molar-refractivity contribution in [2.75, 3.05) is 11.9 Å². The Kier molecular flexibility index (Phi) is 5.85. The summed E-state index contributed by atoms with van der Waals surface area (Å²) in [6.07, 6.45) is 2.78. The van der Waals surface area contributed by atoms with Gasteiger partial charge in [-0.3, -0.25) is 14.5 Å². The van der Waals surface area contributed by atoms with Crippen LogP contribution in [-0.2, 0) is 16.0 Å². The fourth-order valence-corrected chi connectivity index (χ4v) is 3.76. The number of rotatable bonds is 5. The Morgan fingerprint density at radius 1 is 1.15 bits per heavy atom. The van der Waals surface area contributed by atoms with Gasteiger partial charge in [0.1, 0.15) is 10.9 Å². The molecule has 26 heavy (non-hydrogen) atoms. The standard InChI is InChI=1S/C20H18N2O2S2/c1-2-14-8-10-15(11-9-14)12-17-19(24)22(20(25)26-17)13-18(23)21-16-6-4-3-5-7-16/h3-12H,2,13H2,1H3,(H,21,23). The first-order valence-electron chi connectivity index (χ1n) is 8.26. The van der Waals surface area contributed by atoms with E-state index in [2.05, 4.69) is 12.2 Å². The predicted molar refractivity (Wildman–Crippen MR) is 111 cm³/mol. The van der Waals surface area contributed by atoms with Crippen molar-refractivity contribution < 1.29 is 9.59 Å². The number of hydrogen-bond acceptors (Lipinski definition) is 4. The number of nitrogens with zero attached hydrogens (tertiary/aromatic N) is 1. The molecule has 1 heterocycles. The van der Waals surface area contributed by atoms with Gasteiger partial charge in [0.25, 0.3) is 5.91 Å². The molecule has 0 radical (unpaired) electrons. The molecule has 4 nitrogen and oxygen atoms in total. The van der Waals surface area contributed by atoms with Gasteiger partial charge >= 0.3 is 0 Å². The average Bonchev–Trinajstić information content (AvgIpc) is 2.90. The molecule has 1 saturated heterocycles. The van der Waals surface area contributed by atoms with Gasteiger partial charge in [-0.1, -0.05) is 73.4 Å². The van der Waals surface area contributed by atoms with Crippen molar-refractivity contribution in [3.05, 3.63) is 70.6 Å². The fourth-order valence-electron chi connectivity index (χ4n) is 2.50. The molecule has 0 aliphatic carbocycles. The first kappa shape index (κ1) is 18.4. The summed E-state index contributed by atoms with van der Waals surface area (Å²) >= 11 is 6.50. The first-order valence-corrected chi connectivity index (χ1v) is 9.48. The van der Waals surface area contributed by atoms with Crippen molar-refractivity contribution in [1.82, 2.24) is 4.90 Å². The minimum absolute atomic E-state index is 0.0916. The summed E-state index contributed by atoms with van der Waals surface area (Å²) in [5.41, 5.74) is 2.87. The van der Waals surface area contributed by atoms with E-state index in [4.69, 9.17) is 12.2 Å². The number of carbonyl (C=O) groups is 2. The third kappa shape index (κ3) is 4.39. The lowest BCUT2D eigenvalue weighted by atomic mass is 10.1. The number of para-hydroxylation sites is 1. The maximum atomic E-state index is 12.6. The summed E-state index contributed by atoms with van der Waals surface area (Å²) in [6, 6.07) is 17.2.